The highest BCUT2D eigenvalue weighted by molar-refractivity contribution is 5.73. The van der Waals surface area contributed by atoms with Crippen LogP contribution < -0.4 is 5.32 Å². The molecular weight excluding hydrogens is 170 g/mol. The van der Waals surface area contributed by atoms with Crippen molar-refractivity contribution in [3.8, 4) is 0 Å². The predicted molar refractivity (Wildman–Crippen MR) is 49.4 cm³/mol. The van der Waals surface area contributed by atoms with Crippen LogP contribution in [0.4, 0.5) is 4.79 Å². The van der Waals surface area contributed by atoms with Crippen LogP contribution in [0.1, 0.15) is 27.7 Å². The predicted octanol–water partition coefficient (Wildman–Crippen LogP) is 1.34. The molecule has 0 aromatic carbocycles. The van der Waals surface area contributed by atoms with Gasteiger partial charge >= 0.3 is 6.09 Å². The van der Waals surface area contributed by atoms with Crippen LogP contribution in [0.3, 0.4) is 0 Å². The van der Waals surface area contributed by atoms with Gasteiger partial charge in [0, 0.05) is 0 Å². The van der Waals surface area contributed by atoms with Crippen LogP contribution in [0.25, 0.3) is 0 Å². The molecule has 13 heavy (non-hydrogen) atoms. The zero-order chi connectivity index (χ0) is 10.4. The summed E-state index contributed by atoms with van der Waals surface area (Å²) in [5, 5.41) is 2.47. The molecule has 4 heteroatoms. The number of carbonyl (C=O) groups is 2. The Balaban J connectivity index is 3.94. The molecule has 0 bridgehead atoms. The van der Waals surface area contributed by atoms with Crippen molar-refractivity contribution in [3.05, 3.63) is 0 Å². The third-order valence-electron chi connectivity index (χ3n) is 1.49. The summed E-state index contributed by atoms with van der Waals surface area (Å²) in [5.41, 5.74) is 0. The normalized spacial score (nSPS) is 12.8. The first-order valence-electron chi connectivity index (χ1n) is 4.39. The Bertz CT molecular complexity index is 178. The molecule has 0 aliphatic rings. The Labute approximate surface area is 78.6 Å². The fraction of sp³-hybridized carbons (Fsp3) is 0.778. The van der Waals surface area contributed by atoms with E-state index in [4.69, 9.17) is 4.74 Å². The van der Waals surface area contributed by atoms with Gasteiger partial charge in [-0.25, -0.2) is 4.79 Å². The van der Waals surface area contributed by atoms with Crippen molar-refractivity contribution >= 4 is 12.4 Å². The van der Waals surface area contributed by atoms with Gasteiger partial charge in [-0.1, -0.05) is 13.8 Å². The minimum absolute atomic E-state index is 0.0808. The molecule has 0 aromatic heterocycles. The number of amides is 1. The summed E-state index contributed by atoms with van der Waals surface area (Å²) in [6.45, 7) is 7.22. The lowest BCUT2D eigenvalue weighted by Crippen LogP contribution is -2.40. The Morgan fingerprint density at radius 1 is 1.31 bits per heavy atom. The van der Waals surface area contributed by atoms with Gasteiger partial charge in [0.15, 0.2) is 0 Å². The molecule has 1 unspecified atom stereocenters. The summed E-state index contributed by atoms with van der Waals surface area (Å²) >= 11 is 0. The fourth-order valence-electron chi connectivity index (χ4n) is 0.742. The number of carbonyl (C=O) groups excluding carboxylic acids is 2. The number of hydrogen-bond acceptors (Lipinski definition) is 3. The summed E-state index contributed by atoms with van der Waals surface area (Å²) < 4.78 is 4.82. The average Bonchev–Trinajstić information content (AvgIpc) is 1.98. The Kier molecular flexibility index (Phi) is 5.11. The van der Waals surface area contributed by atoms with Crippen LogP contribution in [0.2, 0.25) is 0 Å². The van der Waals surface area contributed by atoms with Crippen molar-refractivity contribution in [3.63, 3.8) is 0 Å². The minimum Gasteiger partial charge on any atom is -0.447 e. The van der Waals surface area contributed by atoms with Crippen LogP contribution in [-0.2, 0) is 9.53 Å². The molecule has 0 aliphatic carbocycles. The molecule has 76 valence electrons. The summed E-state index contributed by atoms with van der Waals surface area (Å²) in [4.78, 5) is 21.5. The monoisotopic (exact) mass is 187 g/mol. The number of aldehydes is 1. The van der Waals surface area contributed by atoms with Gasteiger partial charge in [0.2, 0.25) is 0 Å². The summed E-state index contributed by atoms with van der Waals surface area (Å²) in [5.74, 6) is 0.0808. The van der Waals surface area contributed by atoms with Crippen molar-refractivity contribution < 1.29 is 14.3 Å². The topological polar surface area (TPSA) is 55.4 Å². The summed E-state index contributed by atoms with van der Waals surface area (Å²) in [6.07, 6.45) is 0.00645. The highest BCUT2D eigenvalue weighted by Crippen LogP contribution is 1.99. The molecule has 0 radical (unpaired) electrons. The van der Waals surface area contributed by atoms with E-state index in [2.05, 4.69) is 5.32 Å². The molecule has 1 amide bonds. The molecule has 1 atom stereocenters. The zero-order valence-electron chi connectivity index (χ0n) is 8.53. The first-order chi connectivity index (χ1) is 5.97. The molecule has 0 aromatic rings. The maximum atomic E-state index is 11.0. The highest BCUT2D eigenvalue weighted by atomic mass is 16.6. The van der Waals surface area contributed by atoms with Crippen LogP contribution >= 0.6 is 0 Å². The van der Waals surface area contributed by atoms with E-state index >= 15 is 0 Å². The standard InChI is InChI=1S/C9H17NO3/c1-6(2)8(5-11)10-9(12)13-7(3)4/h5-8H,1-4H3,(H,10,12). The molecule has 1 N–H and O–H groups in total. The van der Waals surface area contributed by atoms with E-state index in [1.165, 1.54) is 0 Å². The molecule has 4 nitrogen and oxygen atoms in total. The van der Waals surface area contributed by atoms with Gasteiger partial charge in [0.1, 0.15) is 6.29 Å². The van der Waals surface area contributed by atoms with Crippen molar-refractivity contribution in [1.82, 2.24) is 5.32 Å². The third-order valence-corrected chi connectivity index (χ3v) is 1.49. The van der Waals surface area contributed by atoms with E-state index in [9.17, 15) is 9.59 Å². The SMILES string of the molecule is CC(C)OC(=O)NC(C=O)C(C)C. The lowest BCUT2D eigenvalue weighted by atomic mass is 10.1. The van der Waals surface area contributed by atoms with Gasteiger partial charge < -0.3 is 14.8 Å². The Hall–Kier alpha value is -1.06. The maximum Gasteiger partial charge on any atom is 0.407 e. The molecule has 0 rings (SSSR count). The van der Waals surface area contributed by atoms with Crippen LogP contribution in [-0.4, -0.2) is 24.5 Å². The summed E-state index contributed by atoms with van der Waals surface area (Å²) in [6, 6.07) is -0.466. The largest absolute Gasteiger partial charge is 0.447 e. The molecular formula is C9H17NO3. The van der Waals surface area contributed by atoms with Gasteiger partial charge in [-0.15, -0.1) is 0 Å². The van der Waals surface area contributed by atoms with E-state index in [1.807, 2.05) is 13.8 Å². The number of ether oxygens (including phenoxy) is 1. The van der Waals surface area contributed by atoms with E-state index in [0.717, 1.165) is 0 Å². The average molecular weight is 187 g/mol. The van der Waals surface area contributed by atoms with Crippen molar-refractivity contribution in [2.45, 2.75) is 39.8 Å². The fourth-order valence-corrected chi connectivity index (χ4v) is 0.742. The number of rotatable bonds is 4. The van der Waals surface area contributed by atoms with Gasteiger partial charge in [-0.3, -0.25) is 0 Å². The Morgan fingerprint density at radius 2 is 1.85 bits per heavy atom. The Morgan fingerprint density at radius 3 is 2.15 bits per heavy atom. The van der Waals surface area contributed by atoms with Gasteiger partial charge in [-0.05, 0) is 19.8 Å². The lowest BCUT2D eigenvalue weighted by molar-refractivity contribution is -0.110. The van der Waals surface area contributed by atoms with E-state index in [-0.39, 0.29) is 12.0 Å². The molecule has 0 aliphatic heterocycles. The van der Waals surface area contributed by atoms with Crippen LogP contribution in [0.5, 0.6) is 0 Å². The van der Waals surface area contributed by atoms with Crippen molar-refractivity contribution in [2.24, 2.45) is 5.92 Å². The molecule has 0 spiro atoms. The van der Waals surface area contributed by atoms with E-state index < -0.39 is 12.1 Å². The quantitative estimate of drug-likeness (QED) is 0.676. The highest BCUT2D eigenvalue weighted by Gasteiger charge is 2.16. The van der Waals surface area contributed by atoms with E-state index in [0.29, 0.717) is 6.29 Å². The zero-order valence-corrected chi connectivity index (χ0v) is 8.53. The van der Waals surface area contributed by atoms with Crippen LogP contribution in [0, 0.1) is 5.92 Å². The van der Waals surface area contributed by atoms with Gasteiger partial charge in [-0.2, -0.15) is 0 Å². The van der Waals surface area contributed by atoms with Gasteiger partial charge in [0.25, 0.3) is 0 Å². The molecule has 0 saturated heterocycles. The summed E-state index contributed by atoms with van der Waals surface area (Å²) in [7, 11) is 0. The van der Waals surface area contributed by atoms with Crippen molar-refractivity contribution in [1.29, 1.82) is 0 Å². The molecule has 0 saturated carbocycles. The number of nitrogens with one attached hydrogen (secondary N) is 1. The maximum absolute atomic E-state index is 11.0. The third kappa shape index (κ3) is 5.22. The first-order valence-corrected chi connectivity index (χ1v) is 4.39. The second-order valence-electron chi connectivity index (χ2n) is 3.50. The molecule has 0 heterocycles. The second-order valence-corrected chi connectivity index (χ2v) is 3.50. The first kappa shape index (κ1) is 11.9. The smallest absolute Gasteiger partial charge is 0.407 e. The van der Waals surface area contributed by atoms with E-state index in [1.54, 1.807) is 13.8 Å². The second kappa shape index (κ2) is 5.56. The van der Waals surface area contributed by atoms with Gasteiger partial charge in [0.05, 0.1) is 12.1 Å². The van der Waals surface area contributed by atoms with Crippen molar-refractivity contribution in [2.75, 3.05) is 0 Å². The lowest BCUT2D eigenvalue weighted by Gasteiger charge is -2.17. The number of alkyl carbamates (subject to hydrolysis) is 1. The molecule has 0 fully saturated rings. The number of hydrogen-bond donors (Lipinski definition) is 1. The van der Waals surface area contributed by atoms with Crippen LogP contribution in [0.15, 0.2) is 0 Å². The minimum atomic E-state index is -0.541.